The Labute approximate surface area is 107 Å². The molecular formula is C14H19N3O. The third kappa shape index (κ3) is 3.68. The number of aromatic nitrogens is 2. The van der Waals surface area contributed by atoms with E-state index in [9.17, 15) is 0 Å². The predicted octanol–water partition coefficient (Wildman–Crippen LogP) is 1.24. The van der Waals surface area contributed by atoms with E-state index in [-0.39, 0.29) is 6.61 Å². The van der Waals surface area contributed by atoms with Gasteiger partial charge in [0.15, 0.2) is 0 Å². The normalized spacial score (nSPS) is 10.8. The van der Waals surface area contributed by atoms with Crippen molar-refractivity contribution in [2.45, 2.75) is 19.6 Å². The summed E-state index contributed by atoms with van der Waals surface area (Å²) in [6, 6.07) is 8.07. The largest absolute Gasteiger partial charge is 0.392 e. The molecule has 0 amide bonds. The van der Waals surface area contributed by atoms with Crippen LogP contribution in [-0.2, 0) is 26.6 Å². The summed E-state index contributed by atoms with van der Waals surface area (Å²) in [5.41, 5.74) is 3.45. The zero-order valence-electron chi connectivity index (χ0n) is 10.6. The molecule has 0 bridgehead atoms. The molecule has 0 aliphatic heterocycles. The fraction of sp³-hybridized carbons (Fsp3) is 0.357. The van der Waals surface area contributed by atoms with Gasteiger partial charge in [-0.3, -0.25) is 4.68 Å². The van der Waals surface area contributed by atoms with Gasteiger partial charge in [0.2, 0.25) is 0 Å². The van der Waals surface area contributed by atoms with E-state index < -0.39 is 0 Å². The van der Waals surface area contributed by atoms with Crippen molar-refractivity contribution in [1.29, 1.82) is 0 Å². The van der Waals surface area contributed by atoms with E-state index in [4.69, 9.17) is 5.11 Å². The van der Waals surface area contributed by atoms with Crippen LogP contribution in [0.4, 0.5) is 0 Å². The summed E-state index contributed by atoms with van der Waals surface area (Å²) in [6.07, 6.45) is 4.89. The van der Waals surface area contributed by atoms with Gasteiger partial charge in [-0.05, 0) is 24.1 Å². The monoisotopic (exact) mass is 245 g/mol. The van der Waals surface area contributed by atoms with Crippen molar-refractivity contribution in [3.05, 3.63) is 53.3 Å². The molecule has 0 radical (unpaired) electrons. The Kier molecular flexibility index (Phi) is 4.50. The summed E-state index contributed by atoms with van der Waals surface area (Å²) < 4.78 is 1.81. The SMILES string of the molecule is Cn1cc(CNCCc2ccc(CO)cc2)cn1. The number of benzene rings is 1. The predicted molar refractivity (Wildman–Crippen MR) is 71.0 cm³/mol. The van der Waals surface area contributed by atoms with Crippen molar-refractivity contribution in [3.63, 3.8) is 0 Å². The topological polar surface area (TPSA) is 50.1 Å². The van der Waals surface area contributed by atoms with Crippen LogP contribution < -0.4 is 5.32 Å². The Morgan fingerprint density at radius 2 is 1.89 bits per heavy atom. The smallest absolute Gasteiger partial charge is 0.0681 e. The fourth-order valence-electron chi connectivity index (χ4n) is 1.84. The molecule has 0 aliphatic carbocycles. The first-order valence-corrected chi connectivity index (χ1v) is 6.15. The van der Waals surface area contributed by atoms with Crippen LogP contribution in [0.25, 0.3) is 0 Å². The lowest BCUT2D eigenvalue weighted by Gasteiger charge is -2.04. The van der Waals surface area contributed by atoms with Crippen LogP contribution >= 0.6 is 0 Å². The van der Waals surface area contributed by atoms with Gasteiger partial charge in [0.05, 0.1) is 12.8 Å². The molecule has 4 heteroatoms. The van der Waals surface area contributed by atoms with Crippen LogP contribution in [0.1, 0.15) is 16.7 Å². The zero-order valence-corrected chi connectivity index (χ0v) is 10.6. The number of hydrogen-bond acceptors (Lipinski definition) is 3. The van der Waals surface area contributed by atoms with Crippen molar-refractivity contribution in [1.82, 2.24) is 15.1 Å². The van der Waals surface area contributed by atoms with Crippen LogP contribution in [-0.4, -0.2) is 21.4 Å². The molecule has 0 saturated heterocycles. The number of rotatable bonds is 6. The molecule has 2 aromatic rings. The molecule has 0 spiro atoms. The number of aliphatic hydroxyl groups excluding tert-OH is 1. The second-order valence-electron chi connectivity index (χ2n) is 4.42. The quantitative estimate of drug-likeness (QED) is 0.753. The van der Waals surface area contributed by atoms with E-state index in [0.717, 1.165) is 25.1 Å². The molecule has 1 aromatic heterocycles. The van der Waals surface area contributed by atoms with Crippen molar-refractivity contribution in [2.75, 3.05) is 6.54 Å². The zero-order chi connectivity index (χ0) is 12.8. The summed E-state index contributed by atoms with van der Waals surface area (Å²) in [7, 11) is 1.92. The number of nitrogens with one attached hydrogen (secondary N) is 1. The molecule has 96 valence electrons. The van der Waals surface area contributed by atoms with E-state index in [2.05, 4.69) is 22.5 Å². The highest BCUT2D eigenvalue weighted by atomic mass is 16.3. The highest BCUT2D eigenvalue weighted by molar-refractivity contribution is 5.22. The maximum atomic E-state index is 8.95. The Balaban J connectivity index is 1.71. The van der Waals surface area contributed by atoms with E-state index in [1.165, 1.54) is 11.1 Å². The highest BCUT2D eigenvalue weighted by Crippen LogP contribution is 2.04. The highest BCUT2D eigenvalue weighted by Gasteiger charge is 1.97. The number of aryl methyl sites for hydroxylation is 1. The van der Waals surface area contributed by atoms with Gasteiger partial charge in [-0.15, -0.1) is 0 Å². The minimum atomic E-state index is 0.111. The summed E-state index contributed by atoms with van der Waals surface area (Å²) in [6.45, 7) is 1.90. The maximum Gasteiger partial charge on any atom is 0.0681 e. The molecule has 0 atom stereocenters. The summed E-state index contributed by atoms with van der Waals surface area (Å²) >= 11 is 0. The van der Waals surface area contributed by atoms with Crippen LogP contribution in [0.5, 0.6) is 0 Å². The van der Waals surface area contributed by atoms with E-state index in [1.54, 1.807) is 0 Å². The Morgan fingerprint density at radius 1 is 1.17 bits per heavy atom. The Morgan fingerprint density at radius 3 is 2.50 bits per heavy atom. The van der Waals surface area contributed by atoms with Crippen molar-refractivity contribution >= 4 is 0 Å². The van der Waals surface area contributed by atoms with E-state index >= 15 is 0 Å². The van der Waals surface area contributed by atoms with E-state index in [1.807, 2.05) is 36.3 Å². The second kappa shape index (κ2) is 6.33. The minimum Gasteiger partial charge on any atom is -0.392 e. The van der Waals surface area contributed by atoms with Crippen LogP contribution in [0.3, 0.4) is 0 Å². The van der Waals surface area contributed by atoms with Crippen LogP contribution in [0.15, 0.2) is 36.7 Å². The van der Waals surface area contributed by atoms with Crippen molar-refractivity contribution < 1.29 is 5.11 Å². The molecule has 18 heavy (non-hydrogen) atoms. The number of nitrogens with zero attached hydrogens (tertiary/aromatic N) is 2. The first-order valence-electron chi connectivity index (χ1n) is 6.15. The van der Waals surface area contributed by atoms with Gasteiger partial charge in [-0.25, -0.2) is 0 Å². The first-order chi connectivity index (χ1) is 8.78. The lowest BCUT2D eigenvalue weighted by molar-refractivity contribution is 0.282. The third-order valence-electron chi connectivity index (χ3n) is 2.88. The van der Waals surface area contributed by atoms with Gasteiger partial charge in [-0.2, -0.15) is 5.10 Å². The Hall–Kier alpha value is -1.65. The first kappa shape index (κ1) is 12.8. The molecule has 0 unspecified atom stereocenters. The number of aliphatic hydroxyl groups is 1. The van der Waals surface area contributed by atoms with Crippen LogP contribution in [0.2, 0.25) is 0 Å². The number of hydrogen-bond donors (Lipinski definition) is 2. The molecule has 0 fully saturated rings. The molecule has 1 aromatic carbocycles. The molecule has 2 N–H and O–H groups in total. The van der Waals surface area contributed by atoms with E-state index in [0.29, 0.717) is 0 Å². The van der Waals surface area contributed by atoms with Crippen molar-refractivity contribution in [3.8, 4) is 0 Å². The maximum absolute atomic E-state index is 8.95. The van der Waals surface area contributed by atoms with Gasteiger partial charge < -0.3 is 10.4 Å². The van der Waals surface area contributed by atoms with Gasteiger partial charge in [0, 0.05) is 25.4 Å². The van der Waals surface area contributed by atoms with Crippen LogP contribution in [0, 0.1) is 0 Å². The average molecular weight is 245 g/mol. The lowest BCUT2D eigenvalue weighted by atomic mass is 10.1. The fourth-order valence-corrected chi connectivity index (χ4v) is 1.84. The molecule has 4 nitrogen and oxygen atoms in total. The van der Waals surface area contributed by atoms with Gasteiger partial charge in [0.25, 0.3) is 0 Å². The van der Waals surface area contributed by atoms with Gasteiger partial charge in [0.1, 0.15) is 0 Å². The third-order valence-corrected chi connectivity index (χ3v) is 2.88. The summed E-state index contributed by atoms with van der Waals surface area (Å²) in [5.74, 6) is 0. The minimum absolute atomic E-state index is 0.111. The molecule has 0 aliphatic rings. The summed E-state index contributed by atoms with van der Waals surface area (Å²) in [5, 5.41) is 16.5. The molecule has 0 saturated carbocycles. The average Bonchev–Trinajstić information content (AvgIpc) is 2.81. The standard InChI is InChI=1S/C14H19N3O/c1-17-10-14(9-16-17)8-15-7-6-12-2-4-13(11-18)5-3-12/h2-5,9-10,15,18H,6-8,11H2,1H3. The second-order valence-corrected chi connectivity index (χ2v) is 4.42. The van der Waals surface area contributed by atoms with Crippen molar-refractivity contribution in [2.24, 2.45) is 7.05 Å². The lowest BCUT2D eigenvalue weighted by Crippen LogP contribution is -2.16. The summed E-state index contributed by atoms with van der Waals surface area (Å²) in [4.78, 5) is 0. The molecular weight excluding hydrogens is 226 g/mol. The molecule has 1 heterocycles. The van der Waals surface area contributed by atoms with Gasteiger partial charge >= 0.3 is 0 Å². The molecule has 2 rings (SSSR count). The van der Waals surface area contributed by atoms with Gasteiger partial charge in [-0.1, -0.05) is 24.3 Å². The Bertz CT molecular complexity index is 476.